The van der Waals surface area contributed by atoms with E-state index in [2.05, 4.69) is 26.0 Å². The Labute approximate surface area is 129 Å². The van der Waals surface area contributed by atoms with Gasteiger partial charge >= 0.3 is 0 Å². The van der Waals surface area contributed by atoms with Crippen LogP contribution in [0.2, 0.25) is 0 Å². The number of aryl methyl sites for hydroxylation is 1. The summed E-state index contributed by atoms with van der Waals surface area (Å²) < 4.78 is 5.54. The van der Waals surface area contributed by atoms with E-state index >= 15 is 0 Å². The van der Waals surface area contributed by atoms with Gasteiger partial charge in [0.1, 0.15) is 5.75 Å². The van der Waals surface area contributed by atoms with E-state index in [1.807, 2.05) is 19.9 Å². The molecule has 3 heteroatoms. The maximum absolute atomic E-state index is 10.1. The van der Waals surface area contributed by atoms with Crippen LogP contribution in [0.3, 0.4) is 0 Å². The van der Waals surface area contributed by atoms with Crippen molar-refractivity contribution in [3.05, 3.63) is 29.3 Å². The highest BCUT2D eigenvalue weighted by Crippen LogP contribution is 2.29. The van der Waals surface area contributed by atoms with Gasteiger partial charge in [-0.2, -0.15) is 0 Å². The van der Waals surface area contributed by atoms with Crippen LogP contribution in [0.25, 0.3) is 0 Å². The Morgan fingerprint density at radius 3 is 2.38 bits per heavy atom. The Hall–Kier alpha value is -1.06. The summed E-state index contributed by atoms with van der Waals surface area (Å²) in [5.41, 5.74) is 2.49. The predicted molar refractivity (Wildman–Crippen MR) is 86.9 cm³/mol. The number of rotatable bonds is 9. The largest absolute Gasteiger partial charge is 0.494 e. The van der Waals surface area contributed by atoms with E-state index in [9.17, 15) is 10.2 Å². The quantitative estimate of drug-likeness (QED) is 0.730. The summed E-state index contributed by atoms with van der Waals surface area (Å²) in [7, 11) is 0. The molecule has 3 nitrogen and oxygen atoms in total. The van der Waals surface area contributed by atoms with Gasteiger partial charge < -0.3 is 14.9 Å². The molecule has 3 unspecified atom stereocenters. The lowest BCUT2D eigenvalue weighted by atomic mass is 9.88. The summed E-state index contributed by atoms with van der Waals surface area (Å²) in [4.78, 5) is 0. The van der Waals surface area contributed by atoms with Crippen molar-refractivity contribution in [2.75, 3.05) is 6.61 Å². The van der Waals surface area contributed by atoms with Crippen LogP contribution in [-0.4, -0.2) is 29.0 Å². The van der Waals surface area contributed by atoms with Gasteiger partial charge in [-0.1, -0.05) is 33.3 Å². The van der Waals surface area contributed by atoms with Gasteiger partial charge in [-0.05, 0) is 55.4 Å². The first-order valence-electron chi connectivity index (χ1n) is 8.15. The van der Waals surface area contributed by atoms with Crippen LogP contribution in [0.4, 0.5) is 0 Å². The molecule has 0 saturated carbocycles. The second kappa shape index (κ2) is 9.06. The molecule has 0 heterocycles. The van der Waals surface area contributed by atoms with Crippen LogP contribution >= 0.6 is 0 Å². The van der Waals surface area contributed by atoms with Gasteiger partial charge in [0, 0.05) is 0 Å². The molecule has 21 heavy (non-hydrogen) atoms. The zero-order valence-corrected chi connectivity index (χ0v) is 13.8. The summed E-state index contributed by atoms with van der Waals surface area (Å²) in [5.74, 6) is 1.12. The highest BCUT2D eigenvalue weighted by Gasteiger charge is 2.20. The van der Waals surface area contributed by atoms with Gasteiger partial charge in [0.05, 0.1) is 18.8 Å². The smallest absolute Gasteiger partial charge is 0.119 e. The van der Waals surface area contributed by atoms with Crippen molar-refractivity contribution >= 4 is 0 Å². The minimum Gasteiger partial charge on any atom is -0.494 e. The molecule has 1 rings (SSSR count). The third-order valence-corrected chi connectivity index (χ3v) is 3.96. The molecule has 2 N–H and O–H groups in total. The highest BCUT2D eigenvalue weighted by atomic mass is 16.5. The van der Waals surface area contributed by atoms with Crippen LogP contribution in [0.5, 0.6) is 5.75 Å². The first-order valence-corrected chi connectivity index (χ1v) is 8.15. The van der Waals surface area contributed by atoms with Crippen molar-refractivity contribution in [2.45, 2.75) is 71.5 Å². The number of hydrogen-bond donors (Lipinski definition) is 2. The molecule has 0 aliphatic rings. The standard InChI is InChI=1S/C18H30O3/c1-5-8-17(19)18(20)11-13(4)16-10-9-15(21-7-3)12-14(16)6-2/h9-10,12-13,17-20H,5-8,11H2,1-4H3. The first-order chi connectivity index (χ1) is 10.0. The maximum atomic E-state index is 10.1. The highest BCUT2D eigenvalue weighted by molar-refractivity contribution is 5.37. The topological polar surface area (TPSA) is 49.7 Å². The molecule has 0 aromatic heterocycles. The maximum Gasteiger partial charge on any atom is 0.119 e. The van der Waals surface area contributed by atoms with Crippen LogP contribution in [0.1, 0.15) is 64.0 Å². The van der Waals surface area contributed by atoms with Crippen LogP contribution in [0.15, 0.2) is 18.2 Å². The molecule has 0 aliphatic heterocycles. The summed E-state index contributed by atoms with van der Waals surface area (Å²) in [6, 6.07) is 6.17. The Morgan fingerprint density at radius 2 is 1.81 bits per heavy atom. The minimum absolute atomic E-state index is 0.220. The molecule has 0 bridgehead atoms. The number of aliphatic hydroxyl groups is 2. The first kappa shape index (κ1) is 18.0. The van der Waals surface area contributed by atoms with Crippen LogP contribution < -0.4 is 4.74 Å². The lowest BCUT2D eigenvalue weighted by molar-refractivity contribution is 0.00634. The third-order valence-electron chi connectivity index (χ3n) is 3.96. The van der Waals surface area contributed by atoms with E-state index in [1.54, 1.807) is 0 Å². The lowest BCUT2D eigenvalue weighted by Crippen LogP contribution is -2.27. The van der Waals surface area contributed by atoms with Gasteiger partial charge in [0.2, 0.25) is 0 Å². The molecule has 0 spiro atoms. The average molecular weight is 294 g/mol. The Balaban J connectivity index is 2.79. The monoisotopic (exact) mass is 294 g/mol. The van der Waals surface area contributed by atoms with Crippen molar-refractivity contribution in [1.82, 2.24) is 0 Å². The lowest BCUT2D eigenvalue weighted by Gasteiger charge is -2.23. The fraction of sp³-hybridized carbons (Fsp3) is 0.667. The molecule has 0 amide bonds. The van der Waals surface area contributed by atoms with E-state index in [4.69, 9.17) is 4.74 Å². The number of ether oxygens (including phenoxy) is 1. The van der Waals surface area contributed by atoms with E-state index in [-0.39, 0.29) is 5.92 Å². The SMILES string of the molecule is CCCC(O)C(O)CC(C)c1ccc(OCC)cc1CC. The van der Waals surface area contributed by atoms with Crippen molar-refractivity contribution in [3.63, 3.8) is 0 Å². The minimum atomic E-state index is -0.656. The molecular weight excluding hydrogens is 264 g/mol. The molecule has 0 radical (unpaired) electrons. The zero-order chi connectivity index (χ0) is 15.8. The number of hydrogen-bond acceptors (Lipinski definition) is 3. The van der Waals surface area contributed by atoms with E-state index < -0.39 is 12.2 Å². The van der Waals surface area contributed by atoms with Gasteiger partial charge in [0.25, 0.3) is 0 Å². The van der Waals surface area contributed by atoms with E-state index in [0.29, 0.717) is 19.4 Å². The Morgan fingerprint density at radius 1 is 1.10 bits per heavy atom. The van der Waals surface area contributed by atoms with Crippen molar-refractivity contribution in [3.8, 4) is 5.75 Å². The van der Waals surface area contributed by atoms with E-state index in [0.717, 1.165) is 18.6 Å². The summed E-state index contributed by atoms with van der Waals surface area (Å²) in [6.07, 6.45) is 1.78. The molecule has 1 aromatic carbocycles. The second-order valence-corrected chi connectivity index (χ2v) is 5.71. The van der Waals surface area contributed by atoms with Gasteiger partial charge in [0.15, 0.2) is 0 Å². The third kappa shape index (κ3) is 5.33. The van der Waals surface area contributed by atoms with Crippen molar-refractivity contribution in [2.24, 2.45) is 0 Å². The van der Waals surface area contributed by atoms with Gasteiger partial charge in [-0.3, -0.25) is 0 Å². The Kier molecular flexibility index (Phi) is 7.76. The number of benzene rings is 1. The zero-order valence-electron chi connectivity index (χ0n) is 13.8. The molecule has 0 saturated heterocycles. The molecular formula is C18H30O3. The normalized spacial score (nSPS) is 15.5. The summed E-state index contributed by atoms with van der Waals surface area (Å²) >= 11 is 0. The number of aliphatic hydroxyl groups excluding tert-OH is 2. The Bertz CT molecular complexity index is 417. The van der Waals surface area contributed by atoms with E-state index in [1.165, 1.54) is 11.1 Å². The molecule has 0 fully saturated rings. The average Bonchev–Trinajstić information content (AvgIpc) is 2.47. The van der Waals surface area contributed by atoms with Crippen LogP contribution in [0, 0.1) is 0 Å². The fourth-order valence-electron chi connectivity index (χ4n) is 2.76. The second-order valence-electron chi connectivity index (χ2n) is 5.71. The van der Waals surface area contributed by atoms with Crippen LogP contribution in [-0.2, 0) is 6.42 Å². The molecule has 1 aromatic rings. The van der Waals surface area contributed by atoms with Crippen molar-refractivity contribution in [1.29, 1.82) is 0 Å². The van der Waals surface area contributed by atoms with Gasteiger partial charge in [-0.25, -0.2) is 0 Å². The molecule has 3 atom stereocenters. The predicted octanol–water partition coefficient (Wildman–Crippen LogP) is 3.66. The molecule has 0 aliphatic carbocycles. The van der Waals surface area contributed by atoms with Gasteiger partial charge in [-0.15, -0.1) is 0 Å². The summed E-state index contributed by atoms with van der Waals surface area (Å²) in [5, 5.41) is 20.0. The fourth-order valence-corrected chi connectivity index (χ4v) is 2.76. The van der Waals surface area contributed by atoms with Crippen molar-refractivity contribution < 1.29 is 14.9 Å². The molecule has 120 valence electrons. The summed E-state index contributed by atoms with van der Waals surface area (Å²) in [6.45, 7) is 8.90.